The van der Waals surface area contributed by atoms with Gasteiger partial charge in [0.2, 0.25) is 5.78 Å². The Hall–Kier alpha value is -3.82. The summed E-state index contributed by atoms with van der Waals surface area (Å²) < 4.78 is 5.28. The number of aryl methyl sites for hydroxylation is 1. The van der Waals surface area contributed by atoms with Gasteiger partial charge < -0.3 is 4.98 Å². The zero-order valence-corrected chi connectivity index (χ0v) is 15.1. The van der Waals surface area contributed by atoms with Crippen LogP contribution in [0.1, 0.15) is 18.9 Å². The number of aromatic amines is 1. The van der Waals surface area contributed by atoms with Crippen molar-refractivity contribution in [3.05, 3.63) is 59.4 Å². The first-order valence-corrected chi connectivity index (χ1v) is 8.97. The third kappa shape index (κ3) is 2.57. The minimum absolute atomic E-state index is 0.122. The van der Waals surface area contributed by atoms with E-state index >= 15 is 0 Å². The van der Waals surface area contributed by atoms with Crippen molar-refractivity contribution in [2.24, 2.45) is 0 Å². The predicted octanol–water partition coefficient (Wildman–Crippen LogP) is 1.48. The Morgan fingerprint density at radius 2 is 2.04 bits per heavy atom. The first-order valence-electron chi connectivity index (χ1n) is 8.97. The van der Waals surface area contributed by atoms with Crippen LogP contribution in [-0.2, 0) is 13.1 Å². The molecule has 0 aliphatic rings. The molecule has 5 aromatic heterocycles. The number of nitrogens with zero attached hydrogens (tertiary/aromatic N) is 8. The molecule has 0 unspecified atom stereocenters. The third-order valence-electron chi connectivity index (χ3n) is 4.55. The number of fused-ring (bicyclic) bond motifs is 3. The molecule has 0 saturated carbocycles. The Labute approximate surface area is 158 Å². The van der Waals surface area contributed by atoms with Crippen LogP contribution in [0.4, 0.5) is 0 Å². The molecule has 10 nitrogen and oxygen atoms in total. The summed E-state index contributed by atoms with van der Waals surface area (Å²) in [6.07, 6.45) is 12.9. The second-order valence-corrected chi connectivity index (χ2v) is 6.51. The summed E-state index contributed by atoms with van der Waals surface area (Å²) >= 11 is 0. The van der Waals surface area contributed by atoms with Gasteiger partial charge in [-0.05, 0) is 6.42 Å². The summed E-state index contributed by atoms with van der Waals surface area (Å²) in [6.45, 7) is 3.18. The van der Waals surface area contributed by atoms with E-state index in [1.54, 1.807) is 34.0 Å². The van der Waals surface area contributed by atoms with Gasteiger partial charge in [-0.25, -0.2) is 19.9 Å². The molecule has 0 saturated heterocycles. The Kier molecular flexibility index (Phi) is 3.75. The fourth-order valence-electron chi connectivity index (χ4n) is 3.31. The number of nitrogens with one attached hydrogen (secondary N) is 1. The molecular formula is C18H17N9O. The Balaban J connectivity index is 1.59. The van der Waals surface area contributed by atoms with Crippen molar-refractivity contribution in [1.82, 2.24) is 43.7 Å². The average Bonchev–Trinajstić information content (AvgIpc) is 3.44. The first-order chi connectivity index (χ1) is 13.7. The summed E-state index contributed by atoms with van der Waals surface area (Å²) in [5.74, 6) is 1.18. The summed E-state index contributed by atoms with van der Waals surface area (Å²) in [7, 11) is 0. The van der Waals surface area contributed by atoms with Crippen LogP contribution in [-0.4, -0.2) is 43.7 Å². The largest absolute Gasteiger partial charge is 0.332 e. The minimum Gasteiger partial charge on any atom is -0.332 e. The van der Waals surface area contributed by atoms with E-state index in [-0.39, 0.29) is 5.56 Å². The number of hydrogen-bond acceptors (Lipinski definition) is 6. The molecule has 10 heteroatoms. The van der Waals surface area contributed by atoms with Crippen molar-refractivity contribution >= 4 is 16.9 Å². The van der Waals surface area contributed by atoms with Crippen molar-refractivity contribution in [2.45, 2.75) is 26.4 Å². The fraction of sp³-hybridized carbons (Fsp3) is 0.222. The highest BCUT2D eigenvalue weighted by Gasteiger charge is 2.17. The van der Waals surface area contributed by atoms with Gasteiger partial charge in [-0.2, -0.15) is 5.10 Å². The van der Waals surface area contributed by atoms with E-state index in [4.69, 9.17) is 0 Å². The van der Waals surface area contributed by atoms with Crippen LogP contribution >= 0.6 is 0 Å². The monoisotopic (exact) mass is 375 g/mol. The number of H-pyrrole nitrogens is 1. The second kappa shape index (κ2) is 6.41. The average molecular weight is 375 g/mol. The SMILES string of the molecule is CCCn1c(=O)c2[nH]c(-c3cnn(Cc4cncnc4)c3)nc2n2ccnc12. The quantitative estimate of drug-likeness (QED) is 0.498. The Morgan fingerprint density at radius 1 is 1.18 bits per heavy atom. The second-order valence-electron chi connectivity index (χ2n) is 6.51. The normalized spacial score (nSPS) is 11.6. The summed E-state index contributed by atoms with van der Waals surface area (Å²) in [5, 5.41) is 4.38. The van der Waals surface area contributed by atoms with Crippen molar-refractivity contribution in [2.75, 3.05) is 0 Å². The molecule has 0 fully saturated rings. The van der Waals surface area contributed by atoms with Gasteiger partial charge in [-0.1, -0.05) is 6.92 Å². The molecule has 0 bridgehead atoms. The van der Waals surface area contributed by atoms with Gasteiger partial charge >= 0.3 is 0 Å². The van der Waals surface area contributed by atoms with Gasteiger partial charge in [-0.3, -0.25) is 18.4 Å². The standard InChI is InChI=1S/C18H17N9O/c1-2-4-27-17(28)14-16(26-5-3-21-18(26)27)24-15(23-14)13-8-22-25(10-13)9-12-6-19-11-20-7-12/h3,5-8,10-11H,2,4,9H2,1H3,(H,23,24). The number of hydrogen-bond donors (Lipinski definition) is 1. The molecule has 5 rings (SSSR count). The highest BCUT2D eigenvalue weighted by molar-refractivity contribution is 5.77. The first kappa shape index (κ1) is 16.4. The smallest absolute Gasteiger partial charge is 0.280 e. The molecule has 5 aromatic rings. The van der Waals surface area contributed by atoms with Crippen molar-refractivity contribution in [3.8, 4) is 11.4 Å². The van der Waals surface area contributed by atoms with E-state index < -0.39 is 0 Å². The van der Waals surface area contributed by atoms with Crippen LogP contribution < -0.4 is 5.56 Å². The molecule has 0 aliphatic carbocycles. The van der Waals surface area contributed by atoms with Gasteiger partial charge in [0.15, 0.2) is 11.2 Å². The lowest BCUT2D eigenvalue weighted by Gasteiger charge is -2.05. The van der Waals surface area contributed by atoms with Crippen molar-refractivity contribution in [1.29, 1.82) is 0 Å². The van der Waals surface area contributed by atoms with E-state index in [1.165, 1.54) is 6.33 Å². The van der Waals surface area contributed by atoms with Gasteiger partial charge in [0.1, 0.15) is 12.2 Å². The molecule has 0 aliphatic heterocycles. The van der Waals surface area contributed by atoms with Crippen LogP contribution in [0.2, 0.25) is 0 Å². The zero-order valence-electron chi connectivity index (χ0n) is 15.1. The molecule has 0 amide bonds. The highest BCUT2D eigenvalue weighted by Crippen LogP contribution is 2.19. The number of imidazole rings is 2. The maximum Gasteiger partial charge on any atom is 0.280 e. The molecule has 1 N–H and O–H groups in total. The fourth-order valence-corrected chi connectivity index (χ4v) is 3.31. The summed E-state index contributed by atoms with van der Waals surface area (Å²) in [6, 6.07) is 0. The van der Waals surface area contributed by atoms with Crippen LogP contribution in [0.5, 0.6) is 0 Å². The van der Waals surface area contributed by atoms with E-state index in [9.17, 15) is 4.79 Å². The number of rotatable bonds is 5. The van der Waals surface area contributed by atoms with E-state index in [2.05, 4.69) is 30.0 Å². The minimum atomic E-state index is -0.122. The summed E-state index contributed by atoms with van der Waals surface area (Å²) in [4.78, 5) is 33.1. The van der Waals surface area contributed by atoms with Gasteiger partial charge in [0.25, 0.3) is 5.56 Å². The third-order valence-corrected chi connectivity index (χ3v) is 4.55. The maximum atomic E-state index is 12.9. The van der Waals surface area contributed by atoms with Crippen LogP contribution in [0, 0.1) is 0 Å². The van der Waals surface area contributed by atoms with E-state index in [1.807, 2.05) is 23.7 Å². The summed E-state index contributed by atoms with van der Waals surface area (Å²) in [5.41, 5.74) is 2.64. The lowest BCUT2D eigenvalue weighted by molar-refractivity contribution is 0.663. The molecule has 0 radical (unpaired) electrons. The molecule has 0 atom stereocenters. The molecule has 140 valence electrons. The molecular weight excluding hydrogens is 358 g/mol. The van der Waals surface area contributed by atoms with Crippen LogP contribution in [0.25, 0.3) is 28.3 Å². The molecule has 5 heterocycles. The van der Waals surface area contributed by atoms with Crippen LogP contribution in [0.15, 0.2) is 48.3 Å². The Morgan fingerprint density at radius 3 is 2.86 bits per heavy atom. The highest BCUT2D eigenvalue weighted by atomic mass is 16.1. The number of aromatic nitrogens is 9. The lowest BCUT2D eigenvalue weighted by Crippen LogP contribution is -2.23. The molecule has 0 spiro atoms. The van der Waals surface area contributed by atoms with E-state index in [0.29, 0.717) is 35.9 Å². The predicted molar refractivity (Wildman–Crippen MR) is 102 cm³/mol. The van der Waals surface area contributed by atoms with E-state index in [0.717, 1.165) is 17.5 Å². The lowest BCUT2D eigenvalue weighted by atomic mass is 10.3. The Bertz CT molecular complexity index is 1330. The van der Waals surface area contributed by atoms with Crippen molar-refractivity contribution < 1.29 is 0 Å². The zero-order chi connectivity index (χ0) is 19.1. The van der Waals surface area contributed by atoms with Gasteiger partial charge in [0.05, 0.1) is 18.3 Å². The molecule has 28 heavy (non-hydrogen) atoms. The van der Waals surface area contributed by atoms with Gasteiger partial charge in [0, 0.05) is 43.1 Å². The molecule has 0 aromatic carbocycles. The van der Waals surface area contributed by atoms with Crippen molar-refractivity contribution in [3.63, 3.8) is 0 Å². The maximum absolute atomic E-state index is 12.9. The van der Waals surface area contributed by atoms with Crippen LogP contribution in [0.3, 0.4) is 0 Å². The van der Waals surface area contributed by atoms with Gasteiger partial charge in [-0.15, -0.1) is 0 Å². The topological polar surface area (TPSA) is 112 Å².